The van der Waals surface area contributed by atoms with Gasteiger partial charge in [0.2, 0.25) is 5.91 Å². The number of aromatic amines is 1. The Morgan fingerprint density at radius 2 is 1.81 bits per heavy atom. The Morgan fingerprint density at radius 1 is 1.08 bits per heavy atom. The number of carbonyl (C=O) groups excluding carboxylic acids is 1. The van der Waals surface area contributed by atoms with Crippen LogP contribution in [0, 0.1) is 0 Å². The SMILES string of the molecule is CC(C)c1ccc2[nH]c(=O)c(CCC(=O)N(C)c3ccccc3)cc2c1. The van der Waals surface area contributed by atoms with Gasteiger partial charge in [0, 0.05) is 30.2 Å². The number of rotatable bonds is 5. The smallest absolute Gasteiger partial charge is 0.251 e. The highest BCUT2D eigenvalue weighted by molar-refractivity contribution is 5.92. The first-order valence-corrected chi connectivity index (χ1v) is 8.93. The van der Waals surface area contributed by atoms with E-state index in [0.29, 0.717) is 24.3 Å². The van der Waals surface area contributed by atoms with E-state index in [4.69, 9.17) is 0 Å². The van der Waals surface area contributed by atoms with Crippen LogP contribution in [0.4, 0.5) is 5.69 Å². The lowest BCUT2D eigenvalue weighted by Crippen LogP contribution is -2.27. The summed E-state index contributed by atoms with van der Waals surface area (Å²) in [6.07, 6.45) is 0.719. The third-order valence-corrected chi connectivity index (χ3v) is 4.74. The van der Waals surface area contributed by atoms with Gasteiger partial charge in [0.15, 0.2) is 0 Å². The van der Waals surface area contributed by atoms with Gasteiger partial charge in [-0.05, 0) is 53.6 Å². The molecule has 0 atom stereocenters. The maximum atomic E-state index is 12.4. The van der Waals surface area contributed by atoms with Crippen LogP contribution in [0.25, 0.3) is 10.9 Å². The van der Waals surface area contributed by atoms with E-state index in [1.165, 1.54) is 5.56 Å². The Morgan fingerprint density at radius 3 is 2.50 bits per heavy atom. The molecule has 3 rings (SSSR count). The molecular weight excluding hydrogens is 324 g/mol. The fourth-order valence-corrected chi connectivity index (χ4v) is 3.02. The zero-order valence-electron chi connectivity index (χ0n) is 15.5. The van der Waals surface area contributed by atoms with E-state index in [2.05, 4.69) is 24.9 Å². The second-order valence-corrected chi connectivity index (χ2v) is 6.91. The minimum Gasteiger partial charge on any atom is -0.322 e. The highest BCUT2D eigenvalue weighted by Gasteiger charge is 2.12. The average Bonchev–Trinajstić information content (AvgIpc) is 2.65. The summed E-state index contributed by atoms with van der Waals surface area (Å²) >= 11 is 0. The molecule has 1 amide bonds. The van der Waals surface area contributed by atoms with Crippen LogP contribution in [0.3, 0.4) is 0 Å². The number of fused-ring (bicyclic) bond motifs is 1. The molecule has 0 aliphatic carbocycles. The Labute approximate surface area is 153 Å². The first kappa shape index (κ1) is 17.9. The Balaban J connectivity index is 1.78. The van der Waals surface area contributed by atoms with Crippen LogP contribution >= 0.6 is 0 Å². The van der Waals surface area contributed by atoms with Gasteiger partial charge in [0.1, 0.15) is 0 Å². The van der Waals surface area contributed by atoms with E-state index in [0.717, 1.165) is 16.6 Å². The van der Waals surface area contributed by atoms with Gasteiger partial charge in [-0.15, -0.1) is 0 Å². The second kappa shape index (κ2) is 7.56. The third kappa shape index (κ3) is 3.85. The monoisotopic (exact) mass is 348 g/mol. The second-order valence-electron chi connectivity index (χ2n) is 6.91. The van der Waals surface area contributed by atoms with Gasteiger partial charge in [-0.25, -0.2) is 0 Å². The Kier molecular flexibility index (Phi) is 5.21. The summed E-state index contributed by atoms with van der Waals surface area (Å²) in [5, 5.41) is 1.01. The molecule has 0 saturated heterocycles. The first-order chi connectivity index (χ1) is 12.5. The molecule has 4 heteroatoms. The summed E-state index contributed by atoms with van der Waals surface area (Å²) < 4.78 is 0. The van der Waals surface area contributed by atoms with Gasteiger partial charge >= 0.3 is 0 Å². The number of para-hydroxylation sites is 1. The maximum Gasteiger partial charge on any atom is 0.251 e. The van der Waals surface area contributed by atoms with Crippen LogP contribution in [0.1, 0.15) is 37.3 Å². The number of aromatic nitrogens is 1. The number of pyridine rings is 1. The fourth-order valence-electron chi connectivity index (χ4n) is 3.02. The summed E-state index contributed by atoms with van der Waals surface area (Å²) in [7, 11) is 1.76. The molecule has 4 nitrogen and oxygen atoms in total. The van der Waals surface area contributed by atoms with Crippen LogP contribution in [-0.4, -0.2) is 17.9 Å². The number of carbonyl (C=O) groups is 1. The van der Waals surface area contributed by atoms with E-state index in [1.807, 2.05) is 48.5 Å². The number of nitrogens with one attached hydrogen (secondary N) is 1. The summed E-state index contributed by atoms with van der Waals surface area (Å²) in [6.45, 7) is 4.29. The number of benzene rings is 2. The molecular formula is C22H24N2O2. The van der Waals surface area contributed by atoms with Crippen molar-refractivity contribution < 1.29 is 4.79 Å². The van der Waals surface area contributed by atoms with E-state index in [9.17, 15) is 9.59 Å². The van der Waals surface area contributed by atoms with Crippen molar-refractivity contribution >= 4 is 22.5 Å². The molecule has 0 fully saturated rings. The van der Waals surface area contributed by atoms with Crippen molar-refractivity contribution in [3.63, 3.8) is 0 Å². The molecule has 1 N–H and O–H groups in total. The van der Waals surface area contributed by atoms with Gasteiger partial charge in [-0.2, -0.15) is 0 Å². The number of H-pyrrole nitrogens is 1. The highest BCUT2D eigenvalue weighted by atomic mass is 16.2. The van der Waals surface area contributed by atoms with E-state index in [1.54, 1.807) is 11.9 Å². The normalized spacial score (nSPS) is 11.1. The molecule has 1 aromatic heterocycles. The molecule has 0 aliphatic heterocycles. The van der Waals surface area contributed by atoms with Crippen molar-refractivity contribution in [3.05, 3.63) is 76.1 Å². The van der Waals surface area contributed by atoms with Crippen molar-refractivity contribution in [1.29, 1.82) is 0 Å². The number of hydrogen-bond acceptors (Lipinski definition) is 2. The number of aryl methyl sites for hydroxylation is 1. The number of hydrogen-bond donors (Lipinski definition) is 1. The highest BCUT2D eigenvalue weighted by Crippen LogP contribution is 2.20. The molecule has 3 aromatic rings. The summed E-state index contributed by atoms with van der Waals surface area (Å²) in [5.74, 6) is 0.419. The summed E-state index contributed by atoms with van der Waals surface area (Å²) in [5.41, 5.74) is 3.44. The maximum absolute atomic E-state index is 12.4. The van der Waals surface area contributed by atoms with E-state index >= 15 is 0 Å². The number of amides is 1. The number of anilines is 1. The van der Waals surface area contributed by atoms with Gasteiger partial charge in [0.05, 0.1) is 0 Å². The van der Waals surface area contributed by atoms with Crippen LogP contribution in [-0.2, 0) is 11.2 Å². The largest absolute Gasteiger partial charge is 0.322 e. The molecule has 26 heavy (non-hydrogen) atoms. The fraction of sp³-hybridized carbons (Fsp3) is 0.273. The lowest BCUT2D eigenvalue weighted by molar-refractivity contribution is -0.118. The van der Waals surface area contributed by atoms with Crippen LogP contribution in [0.15, 0.2) is 59.4 Å². The zero-order valence-corrected chi connectivity index (χ0v) is 15.5. The quantitative estimate of drug-likeness (QED) is 0.749. The lowest BCUT2D eigenvalue weighted by Gasteiger charge is -2.17. The van der Waals surface area contributed by atoms with Gasteiger partial charge in [-0.3, -0.25) is 9.59 Å². The molecule has 2 aromatic carbocycles. The average molecular weight is 348 g/mol. The molecule has 0 saturated carbocycles. The van der Waals surface area contributed by atoms with Crippen molar-refractivity contribution in [2.24, 2.45) is 0 Å². The molecule has 0 bridgehead atoms. The standard InChI is InChI=1S/C22H24N2O2/c1-15(2)16-9-11-20-18(13-16)14-17(22(26)23-20)10-12-21(25)24(3)19-7-5-4-6-8-19/h4-9,11,13-15H,10,12H2,1-3H3,(H,23,26). The molecule has 0 spiro atoms. The van der Waals surface area contributed by atoms with Gasteiger partial charge in [0.25, 0.3) is 5.56 Å². The van der Waals surface area contributed by atoms with Gasteiger partial charge in [-0.1, -0.05) is 38.1 Å². The minimum absolute atomic E-state index is 0.00775. The van der Waals surface area contributed by atoms with Crippen LogP contribution in [0.2, 0.25) is 0 Å². The molecule has 0 radical (unpaired) electrons. The van der Waals surface area contributed by atoms with E-state index in [-0.39, 0.29) is 11.5 Å². The predicted octanol–water partition coefficient (Wildman–Crippen LogP) is 4.25. The molecule has 1 heterocycles. The lowest BCUT2D eigenvalue weighted by atomic mass is 10.00. The third-order valence-electron chi connectivity index (χ3n) is 4.74. The predicted molar refractivity (Wildman–Crippen MR) is 107 cm³/mol. The molecule has 0 unspecified atom stereocenters. The van der Waals surface area contributed by atoms with Crippen molar-refractivity contribution in [3.8, 4) is 0 Å². The number of nitrogens with zero attached hydrogens (tertiary/aromatic N) is 1. The molecule has 134 valence electrons. The Hall–Kier alpha value is -2.88. The minimum atomic E-state index is -0.120. The topological polar surface area (TPSA) is 53.2 Å². The van der Waals surface area contributed by atoms with Crippen molar-refractivity contribution in [2.75, 3.05) is 11.9 Å². The van der Waals surface area contributed by atoms with Gasteiger partial charge < -0.3 is 9.88 Å². The summed E-state index contributed by atoms with van der Waals surface area (Å²) in [6, 6.07) is 17.5. The van der Waals surface area contributed by atoms with Crippen LogP contribution < -0.4 is 10.5 Å². The zero-order chi connectivity index (χ0) is 18.7. The first-order valence-electron chi connectivity index (χ1n) is 8.93. The van der Waals surface area contributed by atoms with Crippen molar-refractivity contribution in [1.82, 2.24) is 4.98 Å². The van der Waals surface area contributed by atoms with Crippen molar-refractivity contribution in [2.45, 2.75) is 32.6 Å². The Bertz CT molecular complexity index is 974. The molecule has 0 aliphatic rings. The van der Waals surface area contributed by atoms with E-state index < -0.39 is 0 Å². The summed E-state index contributed by atoms with van der Waals surface area (Å²) in [4.78, 5) is 29.3. The van der Waals surface area contributed by atoms with Crippen LogP contribution in [0.5, 0.6) is 0 Å².